The first kappa shape index (κ1) is 13.3. The Morgan fingerprint density at radius 1 is 1.24 bits per heavy atom. The lowest BCUT2D eigenvalue weighted by Crippen LogP contribution is -2.14. The van der Waals surface area contributed by atoms with Crippen LogP contribution >= 0.6 is 0 Å². The molecule has 0 aliphatic heterocycles. The van der Waals surface area contributed by atoms with Gasteiger partial charge in [-0.15, -0.1) is 15.3 Å². The number of nitrogens with zero attached hydrogens (tertiary/aromatic N) is 6. The van der Waals surface area contributed by atoms with E-state index < -0.39 is 12.0 Å². The van der Waals surface area contributed by atoms with E-state index in [4.69, 9.17) is 0 Å². The highest BCUT2D eigenvalue weighted by atomic mass is 19.4. The standard InChI is InChI=1S/C10H8F3N7O/c11-10(12,13)9-17-16-8-2-1-6(18-20(8)9)14-4-3-7-15-5-21-19-7/h1-2,5H,3-4H2,(H,14,18). The summed E-state index contributed by atoms with van der Waals surface area (Å²) in [5, 5.41) is 16.8. The largest absolute Gasteiger partial charge is 0.453 e. The molecular weight excluding hydrogens is 291 g/mol. The predicted octanol–water partition coefficient (Wildman–Crippen LogP) is 1.18. The van der Waals surface area contributed by atoms with Crippen LogP contribution in [0.25, 0.3) is 5.65 Å². The van der Waals surface area contributed by atoms with Gasteiger partial charge >= 0.3 is 6.18 Å². The van der Waals surface area contributed by atoms with Crippen LogP contribution in [-0.4, -0.2) is 36.5 Å². The molecular formula is C10H8F3N7O. The molecule has 0 amide bonds. The Balaban J connectivity index is 1.77. The number of nitrogens with one attached hydrogen (secondary N) is 1. The molecule has 0 bridgehead atoms. The number of fused-ring (bicyclic) bond motifs is 1. The van der Waals surface area contributed by atoms with Crippen LogP contribution in [0.1, 0.15) is 11.6 Å². The van der Waals surface area contributed by atoms with E-state index >= 15 is 0 Å². The topological polar surface area (TPSA) is 94.0 Å². The fraction of sp³-hybridized carbons (Fsp3) is 0.300. The van der Waals surface area contributed by atoms with Crippen molar-refractivity contribution in [3.05, 3.63) is 30.2 Å². The van der Waals surface area contributed by atoms with Crippen molar-refractivity contribution in [3.63, 3.8) is 0 Å². The molecule has 8 nitrogen and oxygen atoms in total. The number of aromatic nitrogens is 6. The second kappa shape index (κ2) is 5.00. The van der Waals surface area contributed by atoms with Crippen LogP contribution in [-0.2, 0) is 12.6 Å². The lowest BCUT2D eigenvalue weighted by Gasteiger charge is -2.06. The Kier molecular flexibility index (Phi) is 3.16. The Morgan fingerprint density at radius 2 is 2.10 bits per heavy atom. The molecule has 0 unspecified atom stereocenters. The maximum absolute atomic E-state index is 12.7. The van der Waals surface area contributed by atoms with Crippen LogP contribution < -0.4 is 5.32 Å². The third-order valence-corrected chi connectivity index (χ3v) is 2.58. The number of anilines is 1. The summed E-state index contributed by atoms with van der Waals surface area (Å²) >= 11 is 0. The normalized spacial score (nSPS) is 12.0. The molecule has 110 valence electrons. The zero-order chi connectivity index (χ0) is 14.9. The molecule has 21 heavy (non-hydrogen) atoms. The van der Waals surface area contributed by atoms with Gasteiger partial charge in [0, 0.05) is 13.0 Å². The third kappa shape index (κ3) is 2.75. The fourth-order valence-electron chi connectivity index (χ4n) is 1.66. The first-order chi connectivity index (χ1) is 10.0. The Hall–Kier alpha value is -2.72. The van der Waals surface area contributed by atoms with E-state index in [0.29, 0.717) is 23.3 Å². The molecule has 3 rings (SSSR count). The van der Waals surface area contributed by atoms with Gasteiger partial charge in [-0.2, -0.15) is 22.7 Å². The smallest absolute Gasteiger partial charge is 0.368 e. The van der Waals surface area contributed by atoms with Gasteiger partial charge in [0.25, 0.3) is 5.82 Å². The number of hydrogen-bond donors (Lipinski definition) is 1. The van der Waals surface area contributed by atoms with E-state index in [-0.39, 0.29) is 11.5 Å². The monoisotopic (exact) mass is 299 g/mol. The van der Waals surface area contributed by atoms with Crippen LogP contribution in [0.3, 0.4) is 0 Å². The predicted molar refractivity (Wildman–Crippen MR) is 62.3 cm³/mol. The third-order valence-electron chi connectivity index (χ3n) is 2.58. The highest BCUT2D eigenvalue weighted by molar-refractivity contribution is 5.44. The molecule has 0 aliphatic rings. The summed E-state index contributed by atoms with van der Waals surface area (Å²) in [6, 6.07) is 2.91. The van der Waals surface area contributed by atoms with Crippen LogP contribution in [0.4, 0.5) is 19.0 Å². The average molecular weight is 299 g/mol. The van der Waals surface area contributed by atoms with E-state index in [0.717, 1.165) is 0 Å². The molecule has 0 aromatic carbocycles. The van der Waals surface area contributed by atoms with Crippen molar-refractivity contribution in [1.29, 1.82) is 0 Å². The molecule has 11 heteroatoms. The molecule has 0 spiro atoms. The number of hydrogen-bond acceptors (Lipinski definition) is 7. The van der Waals surface area contributed by atoms with E-state index in [1.807, 2.05) is 0 Å². The molecule has 0 atom stereocenters. The van der Waals surface area contributed by atoms with Crippen LogP contribution in [0.2, 0.25) is 0 Å². The SMILES string of the molecule is FC(F)(F)c1nnc2ccc(NCCc3ncon3)nn12. The maximum Gasteiger partial charge on any atom is 0.453 e. The van der Waals surface area contributed by atoms with Gasteiger partial charge in [-0.1, -0.05) is 5.16 Å². The quantitative estimate of drug-likeness (QED) is 0.773. The van der Waals surface area contributed by atoms with E-state index in [1.54, 1.807) is 0 Å². The van der Waals surface area contributed by atoms with Crippen molar-refractivity contribution in [2.24, 2.45) is 0 Å². The highest BCUT2D eigenvalue weighted by Gasteiger charge is 2.37. The van der Waals surface area contributed by atoms with Crippen molar-refractivity contribution >= 4 is 11.5 Å². The fourth-order valence-corrected chi connectivity index (χ4v) is 1.66. The lowest BCUT2D eigenvalue weighted by molar-refractivity contribution is -0.146. The number of halogens is 3. The molecule has 3 aromatic rings. The first-order valence-electron chi connectivity index (χ1n) is 5.83. The summed E-state index contributed by atoms with van der Waals surface area (Å²) in [5.41, 5.74) is 0.0195. The Morgan fingerprint density at radius 3 is 2.81 bits per heavy atom. The van der Waals surface area contributed by atoms with Gasteiger partial charge in [-0.3, -0.25) is 0 Å². The Labute approximate surface area is 115 Å². The zero-order valence-corrected chi connectivity index (χ0v) is 10.4. The van der Waals surface area contributed by atoms with Crippen molar-refractivity contribution in [2.45, 2.75) is 12.6 Å². The highest BCUT2D eigenvalue weighted by Crippen LogP contribution is 2.27. The summed E-state index contributed by atoms with van der Waals surface area (Å²) in [4.78, 5) is 3.82. The summed E-state index contributed by atoms with van der Waals surface area (Å²) in [5.74, 6) is -0.417. The van der Waals surface area contributed by atoms with Crippen LogP contribution in [0.15, 0.2) is 23.0 Å². The first-order valence-corrected chi connectivity index (χ1v) is 5.83. The summed E-state index contributed by atoms with van der Waals surface area (Å²) < 4.78 is 43.3. The molecule has 3 heterocycles. The van der Waals surface area contributed by atoms with Crippen molar-refractivity contribution in [3.8, 4) is 0 Å². The van der Waals surface area contributed by atoms with Gasteiger partial charge in [-0.05, 0) is 12.1 Å². The minimum absolute atomic E-state index is 0.0195. The minimum atomic E-state index is -4.62. The van der Waals surface area contributed by atoms with Crippen LogP contribution in [0.5, 0.6) is 0 Å². The summed E-state index contributed by atoms with van der Waals surface area (Å²) in [7, 11) is 0. The van der Waals surface area contributed by atoms with Gasteiger partial charge < -0.3 is 9.84 Å². The summed E-state index contributed by atoms with van der Waals surface area (Å²) in [6.45, 7) is 0.390. The number of rotatable bonds is 4. The average Bonchev–Trinajstić information content (AvgIpc) is 3.05. The molecule has 0 saturated heterocycles. The second-order valence-electron chi connectivity index (χ2n) is 4.03. The molecule has 0 aliphatic carbocycles. The lowest BCUT2D eigenvalue weighted by atomic mass is 10.4. The molecule has 0 saturated carbocycles. The van der Waals surface area contributed by atoms with E-state index in [2.05, 4.69) is 35.3 Å². The van der Waals surface area contributed by atoms with Gasteiger partial charge in [0.2, 0.25) is 6.39 Å². The zero-order valence-electron chi connectivity index (χ0n) is 10.4. The molecule has 1 N–H and O–H groups in total. The van der Waals surface area contributed by atoms with Gasteiger partial charge in [0.15, 0.2) is 11.5 Å². The van der Waals surface area contributed by atoms with Gasteiger partial charge in [0.1, 0.15) is 5.82 Å². The molecule has 0 radical (unpaired) electrons. The van der Waals surface area contributed by atoms with Gasteiger partial charge in [-0.25, -0.2) is 0 Å². The van der Waals surface area contributed by atoms with Crippen molar-refractivity contribution in [2.75, 3.05) is 11.9 Å². The van der Waals surface area contributed by atoms with Crippen molar-refractivity contribution < 1.29 is 17.7 Å². The second-order valence-corrected chi connectivity index (χ2v) is 4.03. The summed E-state index contributed by atoms with van der Waals surface area (Å²) in [6.07, 6.45) is -2.97. The number of alkyl halides is 3. The van der Waals surface area contributed by atoms with Crippen molar-refractivity contribution in [1.82, 2.24) is 30.0 Å². The van der Waals surface area contributed by atoms with Gasteiger partial charge in [0.05, 0.1) is 0 Å². The van der Waals surface area contributed by atoms with E-state index in [9.17, 15) is 13.2 Å². The van der Waals surface area contributed by atoms with Crippen LogP contribution in [0, 0.1) is 0 Å². The Bertz CT molecular complexity index is 737. The molecule has 3 aromatic heterocycles. The van der Waals surface area contributed by atoms with E-state index in [1.165, 1.54) is 18.5 Å². The minimum Gasteiger partial charge on any atom is -0.368 e. The maximum atomic E-state index is 12.7. The molecule has 0 fully saturated rings.